The van der Waals surface area contributed by atoms with Crippen molar-refractivity contribution in [2.45, 2.75) is 64.8 Å². The lowest BCUT2D eigenvalue weighted by Gasteiger charge is -2.26. The van der Waals surface area contributed by atoms with Gasteiger partial charge in [-0.1, -0.05) is 0 Å². The molecular weight excluding hydrogens is 232 g/mol. The van der Waals surface area contributed by atoms with Crippen molar-refractivity contribution in [3.63, 3.8) is 0 Å². The molecule has 1 N–H and O–H groups in total. The average Bonchev–Trinajstić information content (AvgIpc) is 2.71. The van der Waals surface area contributed by atoms with Gasteiger partial charge in [-0.3, -0.25) is 4.79 Å². The molecule has 2 atom stereocenters. The molecule has 0 heterocycles. The van der Waals surface area contributed by atoms with Crippen molar-refractivity contribution in [2.75, 3.05) is 0 Å². The number of ether oxygens (including phenoxy) is 2. The van der Waals surface area contributed by atoms with Crippen LogP contribution >= 0.6 is 0 Å². The van der Waals surface area contributed by atoms with E-state index >= 15 is 0 Å². The summed E-state index contributed by atoms with van der Waals surface area (Å²) in [6.07, 6.45) is 1.97. The third-order valence-corrected chi connectivity index (χ3v) is 3.47. The van der Waals surface area contributed by atoms with Crippen LogP contribution in [0.1, 0.15) is 47.0 Å². The van der Waals surface area contributed by atoms with Gasteiger partial charge >= 0.3 is 0 Å². The molecule has 4 nitrogen and oxygen atoms in total. The van der Waals surface area contributed by atoms with E-state index in [0.29, 0.717) is 18.6 Å². The predicted octanol–water partition coefficient (Wildman–Crippen LogP) is 2.16. The SMILES string of the molecule is CC(C)OC1=C(OC(C)C)[C@@]2(O)CCC[C@H]2C1=O. The van der Waals surface area contributed by atoms with E-state index in [4.69, 9.17) is 9.47 Å². The number of hydrogen-bond acceptors (Lipinski definition) is 4. The van der Waals surface area contributed by atoms with Crippen molar-refractivity contribution in [3.05, 3.63) is 11.5 Å². The number of rotatable bonds is 4. The lowest BCUT2D eigenvalue weighted by atomic mass is 9.93. The maximum Gasteiger partial charge on any atom is 0.207 e. The Morgan fingerprint density at radius 2 is 1.83 bits per heavy atom. The summed E-state index contributed by atoms with van der Waals surface area (Å²) in [4.78, 5) is 12.3. The van der Waals surface area contributed by atoms with Crippen LogP contribution in [-0.2, 0) is 14.3 Å². The zero-order valence-corrected chi connectivity index (χ0v) is 11.5. The van der Waals surface area contributed by atoms with Crippen LogP contribution in [0.2, 0.25) is 0 Å². The molecule has 0 bridgehead atoms. The predicted molar refractivity (Wildman–Crippen MR) is 66.8 cm³/mol. The lowest BCUT2D eigenvalue weighted by Crippen LogP contribution is -2.35. The molecule has 0 aromatic heterocycles. The highest BCUT2D eigenvalue weighted by atomic mass is 16.5. The molecule has 2 rings (SSSR count). The Kier molecular flexibility index (Phi) is 3.41. The second-order valence-corrected chi connectivity index (χ2v) is 5.72. The third-order valence-electron chi connectivity index (χ3n) is 3.47. The average molecular weight is 254 g/mol. The summed E-state index contributed by atoms with van der Waals surface area (Å²) in [5, 5.41) is 10.7. The molecule has 1 saturated carbocycles. The summed E-state index contributed by atoms with van der Waals surface area (Å²) in [6.45, 7) is 7.50. The number of carbonyl (C=O) groups excluding carboxylic acids is 1. The molecule has 2 aliphatic rings. The quantitative estimate of drug-likeness (QED) is 0.835. The normalized spacial score (nSPS) is 31.5. The fourth-order valence-corrected chi connectivity index (χ4v) is 2.81. The largest absolute Gasteiger partial charge is 0.488 e. The van der Waals surface area contributed by atoms with E-state index in [1.54, 1.807) is 0 Å². The van der Waals surface area contributed by atoms with Gasteiger partial charge in [0.2, 0.25) is 11.5 Å². The van der Waals surface area contributed by atoms with E-state index in [2.05, 4.69) is 0 Å². The molecule has 4 heteroatoms. The lowest BCUT2D eigenvalue weighted by molar-refractivity contribution is -0.125. The van der Waals surface area contributed by atoms with E-state index in [1.807, 2.05) is 27.7 Å². The Balaban J connectivity index is 2.39. The minimum atomic E-state index is -1.13. The standard InChI is InChI=1S/C14H22O4/c1-8(2)17-12-11(15)10-6-5-7-14(10,16)13(12)18-9(3)4/h8-10,16H,5-7H2,1-4H3/t10-,14+/m0/s1. The van der Waals surface area contributed by atoms with Gasteiger partial charge in [0.25, 0.3) is 0 Å². The van der Waals surface area contributed by atoms with Crippen molar-refractivity contribution in [3.8, 4) is 0 Å². The molecule has 0 aromatic carbocycles. The van der Waals surface area contributed by atoms with Gasteiger partial charge in [-0.05, 0) is 47.0 Å². The van der Waals surface area contributed by atoms with Crippen molar-refractivity contribution in [1.82, 2.24) is 0 Å². The number of ketones is 1. The van der Waals surface area contributed by atoms with Gasteiger partial charge in [0, 0.05) is 0 Å². The van der Waals surface area contributed by atoms with E-state index in [9.17, 15) is 9.90 Å². The van der Waals surface area contributed by atoms with Crippen molar-refractivity contribution >= 4 is 5.78 Å². The van der Waals surface area contributed by atoms with Crippen LogP contribution in [0.25, 0.3) is 0 Å². The highest BCUT2D eigenvalue weighted by Crippen LogP contribution is 2.49. The van der Waals surface area contributed by atoms with Crippen LogP contribution in [0.4, 0.5) is 0 Å². The molecule has 0 amide bonds. The third kappa shape index (κ3) is 2.03. The molecule has 0 aliphatic heterocycles. The highest BCUT2D eigenvalue weighted by Gasteiger charge is 2.58. The molecular formula is C14H22O4. The smallest absolute Gasteiger partial charge is 0.207 e. The summed E-state index contributed by atoms with van der Waals surface area (Å²) >= 11 is 0. The molecule has 0 aromatic rings. The minimum Gasteiger partial charge on any atom is -0.488 e. The Hall–Kier alpha value is -1.03. The molecule has 0 unspecified atom stereocenters. The number of hydrogen-bond donors (Lipinski definition) is 1. The first-order valence-electron chi connectivity index (χ1n) is 6.71. The molecule has 0 saturated heterocycles. The fraction of sp³-hybridized carbons (Fsp3) is 0.786. The van der Waals surface area contributed by atoms with Crippen molar-refractivity contribution < 1.29 is 19.4 Å². The van der Waals surface area contributed by atoms with Crippen LogP contribution in [0.15, 0.2) is 11.5 Å². The second kappa shape index (κ2) is 4.57. The number of carbonyl (C=O) groups is 1. The monoisotopic (exact) mass is 254 g/mol. The fourth-order valence-electron chi connectivity index (χ4n) is 2.81. The first kappa shape index (κ1) is 13.4. The summed E-state index contributed by atoms with van der Waals surface area (Å²) in [6, 6.07) is 0. The second-order valence-electron chi connectivity index (χ2n) is 5.72. The topological polar surface area (TPSA) is 55.8 Å². The van der Waals surface area contributed by atoms with Gasteiger partial charge in [0.05, 0.1) is 18.1 Å². The number of aliphatic hydroxyl groups is 1. The van der Waals surface area contributed by atoms with Crippen LogP contribution in [0, 0.1) is 5.92 Å². The minimum absolute atomic E-state index is 0.0815. The Morgan fingerprint density at radius 1 is 1.22 bits per heavy atom. The zero-order chi connectivity index (χ0) is 13.5. The van der Waals surface area contributed by atoms with Crippen LogP contribution in [0.3, 0.4) is 0 Å². The molecule has 2 aliphatic carbocycles. The van der Waals surface area contributed by atoms with Crippen LogP contribution in [0.5, 0.6) is 0 Å². The highest BCUT2D eigenvalue weighted by molar-refractivity contribution is 6.00. The molecule has 1 fully saturated rings. The first-order valence-corrected chi connectivity index (χ1v) is 6.71. The van der Waals surface area contributed by atoms with Crippen molar-refractivity contribution in [1.29, 1.82) is 0 Å². The Morgan fingerprint density at radius 3 is 2.39 bits per heavy atom. The number of fused-ring (bicyclic) bond motifs is 1. The number of Topliss-reactive ketones (excluding diaryl/α,β-unsaturated/α-hetero) is 1. The maximum absolute atomic E-state index is 12.3. The Labute approximate surface area is 108 Å². The van der Waals surface area contributed by atoms with Gasteiger partial charge in [-0.2, -0.15) is 0 Å². The summed E-state index contributed by atoms with van der Waals surface area (Å²) < 4.78 is 11.3. The molecule has 102 valence electrons. The molecule has 0 spiro atoms. The summed E-state index contributed by atoms with van der Waals surface area (Å²) in [7, 11) is 0. The first-order chi connectivity index (χ1) is 8.36. The molecule has 0 radical (unpaired) electrons. The van der Waals surface area contributed by atoms with Crippen LogP contribution in [-0.4, -0.2) is 28.7 Å². The summed E-state index contributed by atoms with van der Waals surface area (Å²) in [5.74, 6) is 0.129. The van der Waals surface area contributed by atoms with E-state index < -0.39 is 5.60 Å². The van der Waals surface area contributed by atoms with Gasteiger partial charge < -0.3 is 14.6 Å². The van der Waals surface area contributed by atoms with Gasteiger partial charge in [0.15, 0.2) is 5.76 Å². The van der Waals surface area contributed by atoms with E-state index in [0.717, 1.165) is 6.42 Å². The van der Waals surface area contributed by atoms with E-state index in [-0.39, 0.29) is 29.7 Å². The van der Waals surface area contributed by atoms with Gasteiger partial charge in [-0.15, -0.1) is 0 Å². The summed E-state index contributed by atoms with van der Waals surface area (Å²) in [5.41, 5.74) is -1.13. The van der Waals surface area contributed by atoms with Crippen LogP contribution < -0.4 is 0 Å². The van der Waals surface area contributed by atoms with Gasteiger partial charge in [-0.25, -0.2) is 0 Å². The maximum atomic E-state index is 12.3. The molecule has 18 heavy (non-hydrogen) atoms. The zero-order valence-electron chi connectivity index (χ0n) is 11.5. The van der Waals surface area contributed by atoms with Gasteiger partial charge in [0.1, 0.15) is 5.60 Å². The van der Waals surface area contributed by atoms with E-state index in [1.165, 1.54) is 0 Å². The van der Waals surface area contributed by atoms with Crippen molar-refractivity contribution in [2.24, 2.45) is 5.92 Å². The Bertz CT molecular complexity index is 383. The number of allylic oxidation sites excluding steroid dienone is 1.